The highest BCUT2D eigenvalue weighted by molar-refractivity contribution is 8.04. The van der Waals surface area contributed by atoms with Gasteiger partial charge >= 0.3 is 7.12 Å². The minimum Gasteiger partial charge on any atom is -0.404 e. The molecule has 0 saturated heterocycles. The van der Waals surface area contributed by atoms with Crippen LogP contribution in [-0.2, 0) is 0 Å². The molecule has 0 fully saturated rings. The maximum atomic E-state index is 8.45. The third-order valence-corrected chi connectivity index (χ3v) is 1.43. The maximum absolute atomic E-state index is 8.45. The third kappa shape index (κ3) is 1.11. The molecule has 1 rings (SSSR count). The van der Waals surface area contributed by atoms with Gasteiger partial charge in [-0.2, -0.15) is 0 Å². The molecule has 0 saturated carbocycles. The van der Waals surface area contributed by atoms with Gasteiger partial charge < -0.3 is 10.0 Å². The van der Waals surface area contributed by atoms with E-state index >= 15 is 0 Å². The van der Waals surface area contributed by atoms with E-state index in [0.29, 0.717) is 5.47 Å². The molecule has 0 bridgehead atoms. The first-order valence-electron chi connectivity index (χ1n) is 2.11. The summed E-state index contributed by atoms with van der Waals surface area (Å²) in [4.78, 5) is 0. The van der Waals surface area contributed by atoms with Gasteiger partial charge in [-0.25, -0.2) is 0 Å². The quantitative estimate of drug-likeness (QED) is 0.383. The lowest BCUT2D eigenvalue weighted by molar-refractivity contribution is 0.421. The van der Waals surface area contributed by atoms with Crippen LogP contribution in [0, 0.1) is 5.41 Å². The van der Waals surface area contributed by atoms with Crippen LogP contribution < -0.4 is 0 Å². The van der Waals surface area contributed by atoms with Crippen LogP contribution in [-0.4, -0.2) is 17.2 Å². The molecule has 2 N–H and O–H groups in total. The smallest absolute Gasteiger partial charge is 0.404 e. The fraction of sp³-hybridized carbons (Fsp3) is 0. The van der Waals surface area contributed by atoms with E-state index in [1.165, 1.54) is 11.8 Å². The lowest BCUT2D eigenvalue weighted by atomic mass is 9.81. The van der Waals surface area contributed by atoms with Crippen LogP contribution in [0.2, 0.25) is 0 Å². The molecule has 0 unspecified atom stereocenters. The van der Waals surface area contributed by atoms with Crippen LogP contribution in [0.1, 0.15) is 0 Å². The first-order chi connectivity index (χ1) is 3.80. The molecule has 0 aromatic heterocycles. The molecular formula is C4H4BO2S+. The Morgan fingerprint density at radius 1 is 1.62 bits per heavy atom. The molecule has 0 radical (unpaired) electrons. The van der Waals surface area contributed by atoms with Crippen molar-refractivity contribution in [3.8, 4) is 0 Å². The predicted octanol–water partition coefficient (Wildman–Crippen LogP) is -0.0540. The Morgan fingerprint density at radius 2 is 2.38 bits per heavy atom. The zero-order valence-corrected chi connectivity index (χ0v) is 4.85. The van der Waals surface area contributed by atoms with Crippen molar-refractivity contribution in [2.45, 2.75) is 0 Å². The minimum absolute atomic E-state index is 0.509. The summed E-state index contributed by atoms with van der Waals surface area (Å²) in [6.45, 7) is 0. The van der Waals surface area contributed by atoms with Gasteiger partial charge in [0, 0.05) is 0 Å². The van der Waals surface area contributed by atoms with Gasteiger partial charge in [0.25, 0.3) is 0 Å². The topological polar surface area (TPSA) is 40.5 Å². The highest BCUT2D eigenvalue weighted by atomic mass is 32.2. The lowest BCUT2D eigenvalue weighted by Gasteiger charge is -1.80. The first-order valence-corrected chi connectivity index (χ1v) is 2.99. The zero-order valence-electron chi connectivity index (χ0n) is 4.03. The molecular weight excluding hydrogens is 123 g/mol. The largest absolute Gasteiger partial charge is 0.609 e. The van der Waals surface area contributed by atoms with E-state index in [4.69, 9.17) is 10.0 Å². The Morgan fingerprint density at radius 3 is 2.62 bits per heavy atom. The van der Waals surface area contributed by atoms with Crippen molar-refractivity contribution in [2.24, 2.45) is 0 Å². The van der Waals surface area contributed by atoms with E-state index < -0.39 is 7.12 Å². The fourth-order valence-electron chi connectivity index (χ4n) is 0.374. The molecule has 0 aromatic carbocycles. The predicted molar refractivity (Wildman–Crippen MR) is 33.7 cm³/mol. The Kier molecular flexibility index (Phi) is 1.71. The number of hydrogen-bond acceptors (Lipinski definition) is 3. The molecule has 1 heterocycles. The average molecular weight is 127 g/mol. The summed E-state index contributed by atoms with van der Waals surface area (Å²) in [5, 5.41) is 21.3. The van der Waals surface area contributed by atoms with Gasteiger partial charge in [-0.05, 0) is 0 Å². The highest BCUT2D eigenvalue weighted by Gasteiger charge is 2.25. The second-order valence-electron chi connectivity index (χ2n) is 1.37. The summed E-state index contributed by atoms with van der Waals surface area (Å²) in [7, 11) is -1.34. The second-order valence-corrected chi connectivity index (χ2v) is 2.08. The highest BCUT2D eigenvalue weighted by Crippen LogP contribution is 2.17. The Bertz CT molecular complexity index is 141. The van der Waals surface area contributed by atoms with Crippen molar-refractivity contribution in [1.29, 1.82) is 0 Å². The number of thioether (sulfide) groups is 1. The van der Waals surface area contributed by atoms with Gasteiger partial charge in [0.1, 0.15) is 10.9 Å². The summed E-state index contributed by atoms with van der Waals surface area (Å²) >= 11 is 1.32. The van der Waals surface area contributed by atoms with Crippen molar-refractivity contribution in [3.63, 3.8) is 0 Å². The van der Waals surface area contributed by atoms with Crippen LogP contribution in [0.4, 0.5) is 0 Å². The van der Waals surface area contributed by atoms with E-state index in [0.717, 1.165) is 0 Å². The zero-order chi connectivity index (χ0) is 5.98. The molecule has 0 amide bonds. The van der Waals surface area contributed by atoms with Gasteiger partial charge in [-0.1, -0.05) is 0 Å². The van der Waals surface area contributed by atoms with Crippen LogP contribution in [0.3, 0.4) is 0 Å². The van der Waals surface area contributed by atoms with Crippen molar-refractivity contribution < 1.29 is 10.0 Å². The minimum atomic E-state index is -1.34. The van der Waals surface area contributed by atoms with Crippen molar-refractivity contribution in [1.82, 2.24) is 0 Å². The molecule has 40 valence electrons. The van der Waals surface area contributed by atoms with E-state index in [1.54, 1.807) is 11.5 Å². The summed E-state index contributed by atoms with van der Waals surface area (Å²) in [6.07, 6.45) is 1.55. The van der Waals surface area contributed by atoms with Gasteiger partial charge in [0.15, 0.2) is 6.08 Å². The average Bonchev–Trinajstić information content (AvgIpc) is 2.12. The van der Waals surface area contributed by atoms with E-state index in [9.17, 15) is 0 Å². The molecule has 4 heteroatoms. The third-order valence-electron chi connectivity index (χ3n) is 0.787. The van der Waals surface area contributed by atoms with E-state index in [2.05, 4.69) is 5.41 Å². The van der Waals surface area contributed by atoms with E-state index in [1.807, 2.05) is 0 Å². The molecule has 0 aliphatic carbocycles. The monoisotopic (exact) mass is 127 g/mol. The van der Waals surface area contributed by atoms with Gasteiger partial charge in [-0.15, -0.1) is 0 Å². The first kappa shape index (κ1) is 5.85. The maximum Gasteiger partial charge on any atom is 0.609 e. The molecule has 2 nitrogen and oxygen atoms in total. The number of allylic oxidation sites excluding steroid dienone is 2. The Labute approximate surface area is 52.1 Å². The summed E-state index contributed by atoms with van der Waals surface area (Å²) in [5.41, 5.74) is 0.509. The lowest BCUT2D eigenvalue weighted by Crippen LogP contribution is -2.12. The number of rotatable bonds is 1. The Hall–Kier alpha value is -0.275. The van der Waals surface area contributed by atoms with Gasteiger partial charge in [-0.3, -0.25) is 0 Å². The van der Waals surface area contributed by atoms with Crippen molar-refractivity contribution in [2.75, 3.05) is 0 Å². The van der Waals surface area contributed by atoms with Gasteiger partial charge in [0.2, 0.25) is 0 Å². The standard InChI is InChI=1S/C4H4BO2S/c6-5(7)4-1-2-8-3-4/h1,3,6-7H/q+1. The van der Waals surface area contributed by atoms with Crippen LogP contribution >= 0.6 is 11.8 Å². The molecule has 1 aliphatic rings. The molecule has 8 heavy (non-hydrogen) atoms. The van der Waals surface area contributed by atoms with Crippen LogP contribution in [0.25, 0.3) is 0 Å². The SMILES string of the molecule is OB(O)C1=CS[C+]=C1. The second kappa shape index (κ2) is 2.33. The number of hydrogen-bond donors (Lipinski definition) is 2. The fourth-order valence-corrected chi connectivity index (χ4v) is 0.972. The van der Waals surface area contributed by atoms with Crippen LogP contribution in [0.5, 0.6) is 0 Å². The summed E-state index contributed by atoms with van der Waals surface area (Å²) in [5.74, 6) is 0. The van der Waals surface area contributed by atoms with Crippen molar-refractivity contribution >= 4 is 18.9 Å². The summed E-state index contributed by atoms with van der Waals surface area (Å²) in [6, 6.07) is 0. The summed E-state index contributed by atoms with van der Waals surface area (Å²) < 4.78 is 0. The van der Waals surface area contributed by atoms with E-state index in [-0.39, 0.29) is 0 Å². The van der Waals surface area contributed by atoms with Gasteiger partial charge in [0.05, 0.1) is 17.2 Å². The normalized spacial score (nSPS) is 15.5. The molecule has 0 aromatic rings. The van der Waals surface area contributed by atoms with Crippen molar-refractivity contribution in [3.05, 3.63) is 22.4 Å². The van der Waals surface area contributed by atoms with Crippen LogP contribution in [0.15, 0.2) is 17.0 Å². The Balaban J connectivity index is 2.58. The molecule has 1 aliphatic heterocycles. The molecule has 0 spiro atoms. The molecule has 0 atom stereocenters.